The molecule has 0 bridgehead atoms. The zero-order valence-corrected chi connectivity index (χ0v) is 14.0. The molecule has 2 aromatic rings. The van der Waals surface area contributed by atoms with E-state index < -0.39 is 0 Å². The van der Waals surface area contributed by atoms with Crippen LogP contribution in [0.15, 0.2) is 41.3 Å². The quantitative estimate of drug-likeness (QED) is 0.437. The molecule has 1 heterocycles. The van der Waals surface area contributed by atoms with Gasteiger partial charge in [-0.05, 0) is 36.8 Å². The van der Waals surface area contributed by atoms with E-state index >= 15 is 0 Å². The smallest absolute Gasteiger partial charge is 0.290 e. The summed E-state index contributed by atoms with van der Waals surface area (Å²) in [4.78, 5) is 34.7. The van der Waals surface area contributed by atoms with Gasteiger partial charge in [0, 0.05) is 22.5 Å². The second kappa shape index (κ2) is 7.82. The van der Waals surface area contributed by atoms with Crippen molar-refractivity contribution in [3.05, 3.63) is 58.7 Å². The molecule has 0 saturated carbocycles. The molecule has 3 rings (SSSR count). The Kier molecular flexibility index (Phi) is 5.79. The Labute approximate surface area is 147 Å². The topological polar surface area (TPSA) is 115 Å². The number of phenols is 1. The van der Waals surface area contributed by atoms with Crippen LogP contribution in [-0.2, 0) is 11.3 Å². The highest BCUT2D eigenvalue weighted by Gasteiger charge is 2.35. The fourth-order valence-corrected chi connectivity index (χ4v) is 2.97. The van der Waals surface area contributed by atoms with Crippen molar-refractivity contribution in [1.29, 1.82) is 0 Å². The molecule has 1 aliphatic rings. The van der Waals surface area contributed by atoms with Crippen LogP contribution in [0, 0.1) is 6.92 Å². The van der Waals surface area contributed by atoms with Gasteiger partial charge in [0.2, 0.25) is 0 Å². The van der Waals surface area contributed by atoms with Crippen LogP contribution in [0.1, 0.15) is 31.8 Å². The van der Waals surface area contributed by atoms with E-state index in [1.807, 2.05) is 0 Å². The molecule has 8 heteroatoms. The summed E-state index contributed by atoms with van der Waals surface area (Å²) in [5.41, 5.74) is 1.74. The molecule has 0 aromatic heterocycles. The number of carboxylic acid groups (broad SMARTS) is 1. The third kappa shape index (κ3) is 3.65. The molecule has 130 valence electrons. The lowest BCUT2D eigenvalue weighted by Gasteiger charge is -2.16. The molecular weight excluding hydrogens is 346 g/mol. The van der Waals surface area contributed by atoms with E-state index in [4.69, 9.17) is 9.90 Å². The lowest BCUT2D eigenvalue weighted by Crippen LogP contribution is -2.29. The zero-order chi connectivity index (χ0) is 18.6. The largest absolute Gasteiger partial charge is 0.507 e. The SMILES string of the molecule is Cc1cc(SO)cc(CN2C(=O)c3ccccc3C2=O)c1O.O=CO. The number of fused-ring (bicyclic) bond motifs is 1. The van der Waals surface area contributed by atoms with E-state index in [-0.39, 0.29) is 30.6 Å². The molecule has 0 saturated heterocycles. The Bertz CT molecular complexity index is 801. The Morgan fingerprint density at radius 3 is 2.12 bits per heavy atom. The van der Waals surface area contributed by atoms with Crippen molar-refractivity contribution >= 4 is 30.3 Å². The Morgan fingerprint density at radius 1 is 1.12 bits per heavy atom. The Morgan fingerprint density at radius 2 is 1.64 bits per heavy atom. The number of imide groups is 1. The number of nitrogens with zero attached hydrogens (tertiary/aromatic N) is 1. The van der Waals surface area contributed by atoms with Crippen molar-refractivity contribution in [2.75, 3.05) is 0 Å². The number of amides is 2. The summed E-state index contributed by atoms with van der Waals surface area (Å²) >= 11 is 0.553. The van der Waals surface area contributed by atoms with E-state index in [0.29, 0.717) is 39.2 Å². The fourth-order valence-electron chi connectivity index (χ4n) is 2.54. The average Bonchev–Trinajstić information content (AvgIpc) is 2.84. The highest BCUT2D eigenvalue weighted by molar-refractivity contribution is 7.93. The number of hydrogen-bond donors (Lipinski definition) is 3. The van der Waals surface area contributed by atoms with Gasteiger partial charge in [0.25, 0.3) is 18.3 Å². The number of rotatable bonds is 3. The van der Waals surface area contributed by atoms with Crippen LogP contribution in [0.3, 0.4) is 0 Å². The molecular formula is C17H15NO6S. The lowest BCUT2D eigenvalue weighted by molar-refractivity contribution is -0.122. The second-order valence-electron chi connectivity index (χ2n) is 5.19. The van der Waals surface area contributed by atoms with Crippen LogP contribution in [-0.4, -0.2) is 38.0 Å². The third-order valence-electron chi connectivity index (χ3n) is 3.66. The van der Waals surface area contributed by atoms with E-state index in [0.717, 1.165) is 4.90 Å². The first kappa shape index (κ1) is 18.5. The maximum absolute atomic E-state index is 12.3. The summed E-state index contributed by atoms with van der Waals surface area (Å²) in [6.07, 6.45) is 0. The minimum Gasteiger partial charge on any atom is -0.507 e. The fraction of sp³-hybridized carbons (Fsp3) is 0.118. The number of phenolic OH excluding ortho intramolecular Hbond substituents is 1. The predicted molar refractivity (Wildman–Crippen MR) is 90.7 cm³/mol. The monoisotopic (exact) mass is 361 g/mol. The summed E-state index contributed by atoms with van der Waals surface area (Å²) in [5.74, 6) is -0.728. The van der Waals surface area contributed by atoms with Crippen LogP contribution in [0.2, 0.25) is 0 Å². The highest BCUT2D eigenvalue weighted by atomic mass is 32.2. The van der Waals surface area contributed by atoms with Crippen LogP contribution < -0.4 is 0 Å². The van der Waals surface area contributed by atoms with Gasteiger partial charge in [-0.3, -0.25) is 19.3 Å². The Balaban J connectivity index is 0.000000701. The lowest BCUT2D eigenvalue weighted by atomic mass is 10.1. The van der Waals surface area contributed by atoms with Gasteiger partial charge >= 0.3 is 0 Å². The molecule has 0 unspecified atom stereocenters. The van der Waals surface area contributed by atoms with Crippen molar-refractivity contribution < 1.29 is 29.1 Å². The molecule has 7 nitrogen and oxygen atoms in total. The molecule has 0 fully saturated rings. The maximum atomic E-state index is 12.3. The standard InChI is InChI=1S/C16H13NO4S.CH2O2/c1-9-6-11(22-21)7-10(14(9)18)8-17-15(19)12-4-2-3-5-13(12)16(17)20;2-1-3/h2-7,18,21H,8H2,1H3;1H,(H,2,3). The number of benzene rings is 2. The predicted octanol–water partition coefficient (Wildman–Crippen LogP) is 2.76. The Hall–Kier alpha value is -2.84. The van der Waals surface area contributed by atoms with Gasteiger partial charge in [-0.2, -0.15) is 0 Å². The van der Waals surface area contributed by atoms with Crippen LogP contribution >= 0.6 is 12.0 Å². The molecule has 3 N–H and O–H groups in total. The molecule has 0 spiro atoms. The second-order valence-corrected chi connectivity index (χ2v) is 5.84. The summed E-state index contributed by atoms with van der Waals surface area (Å²) in [6.45, 7) is 1.41. The average molecular weight is 361 g/mol. The first-order valence-corrected chi connectivity index (χ1v) is 7.88. The van der Waals surface area contributed by atoms with Crippen molar-refractivity contribution in [3.63, 3.8) is 0 Å². The van der Waals surface area contributed by atoms with Gasteiger partial charge in [0.15, 0.2) is 0 Å². The highest BCUT2D eigenvalue weighted by Crippen LogP contribution is 2.31. The molecule has 1 aliphatic heterocycles. The molecule has 2 aromatic carbocycles. The molecule has 0 radical (unpaired) electrons. The van der Waals surface area contributed by atoms with Gasteiger partial charge < -0.3 is 14.8 Å². The first-order chi connectivity index (χ1) is 11.9. The summed E-state index contributed by atoms with van der Waals surface area (Å²) in [7, 11) is 0. The van der Waals surface area contributed by atoms with Gasteiger partial charge in [-0.1, -0.05) is 12.1 Å². The van der Waals surface area contributed by atoms with E-state index in [2.05, 4.69) is 0 Å². The van der Waals surface area contributed by atoms with Crippen molar-refractivity contribution in [2.24, 2.45) is 0 Å². The number of hydrogen-bond acceptors (Lipinski definition) is 6. The number of aryl methyl sites for hydroxylation is 1. The van der Waals surface area contributed by atoms with E-state index in [1.54, 1.807) is 43.3 Å². The maximum Gasteiger partial charge on any atom is 0.290 e. The summed E-state index contributed by atoms with van der Waals surface area (Å²) < 4.78 is 9.17. The van der Waals surface area contributed by atoms with E-state index in [9.17, 15) is 19.2 Å². The number of carbonyl (C=O) groups excluding carboxylic acids is 2. The van der Waals surface area contributed by atoms with Gasteiger partial charge in [0.1, 0.15) is 5.75 Å². The van der Waals surface area contributed by atoms with Crippen molar-refractivity contribution in [2.45, 2.75) is 18.4 Å². The molecule has 2 amide bonds. The van der Waals surface area contributed by atoms with Crippen LogP contribution in [0.4, 0.5) is 0 Å². The van der Waals surface area contributed by atoms with Crippen molar-refractivity contribution in [3.8, 4) is 5.75 Å². The van der Waals surface area contributed by atoms with Gasteiger partial charge in [0.05, 0.1) is 17.7 Å². The van der Waals surface area contributed by atoms with Crippen LogP contribution in [0.5, 0.6) is 5.75 Å². The third-order valence-corrected chi connectivity index (χ3v) is 4.11. The molecule has 0 aliphatic carbocycles. The summed E-state index contributed by atoms with van der Waals surface area (Å²) in [6, 6.07) is 9.83. The number of carbonyl (C=O) groups is 3. The molecule has 25 heavy (non-hydrogen) atoms. The van der Waals surface area contributed by atoms with Crippen LogP contribution in [0.25, 0.3) is 0 Å². The minimum absolute atomic E-state index is 0.0226. The van der Waals surface area contributed by atoms with Crippen molar-refractivity contribution in [1.82, 2.24) is 4.90 Å². The number of aromatic hydroxyl groups is 1. The summed E-state index contributed by atoms with van der Waals surface area (Å²) in [5, 5.41) is 17.0. The normalized spacial score (nSPS) is 12.5. The zero-order valence-electron chi connectivity index (χ0n) is 13.2. The van der Waals surface area contributed by atoms with Gasteiger partial charge in [-0.15, -0.1) is 0 Å². The minimum atomic E-state index is -0.375. The first-order valence-electron chi connectivity index (χ1n) is 7.11. The van der Waals surface area contributed by atoms with E-state index in [1.165, 1.54) is 0 Å². The van der Waals surface area contributed by atoms with Gasteiger partial charge in [-0.25, -0.2) is 0 Å². The molecule has 0 atom stereocenters.